The van der Waals surface area contributed by atoms with Crippen molar-refractivity contribution in [2.45, 2.75) is 27.2 Å². The van der Waals surface area contributed by atoms with E-state index in [0.717, 1.165) is 0 Å². The van der Waals surface area contributed by atoms with Crippen molar-refractivity contribution in [3.8, 4) is 0 Å². The van der Waals surface area contributed by atoms with Gasteiger partial charge >= 0.3 is 5.97 Å². The van der Waals surface area contributed by atoms with Gasteiger partial charge in [-0.05, 0) is 13.8 Å². The second-order valence-corrected chi connectivity index (χ2v) is 5.42. The van der Waals surface area contributed by atoms with Crippen molar-refractivity contribution in [2.24, 2.45) is 5.41 Å². The molecule has 1 aromatic carbocycles. The molecule has 0 amide bonds. The zero-order valence-corrected chi connectivity index (χ0v) is 13.5. The normalized spacial score (nSPS) is 14.9. The summed E-state index contributed by atoms with van der Waals surface area (Å²) in [6, 6.07) is 6.92. The highest BCUT2D eigenvalue weighted by Crippen LogP contribution is 2.27. The third-order valence-corrected chi connectivity index (χ3v) is 3.45. The van der Waals surface area contributed by atoms with E-state index in [9.17, 15) is 14.4 Å². The van der Waals surface area contributed by atoms with E-state index >= 15 is 0 Å². The molecule has 2 rings (SSSR count). The summed E-state index contributed by atoms with van der Waals surface area (Å²) in [5, 5.41) is 0. The van der Waals surface area contributed by atoms with Crippen molar-refractivity contribution >= 4 is 17.5 Å². The molecule has 1 aromatic rings. The highest BCUT2D eigenvalue weighted by atomic mass is 16.5. The van der Waals surface area contributed by atoms with E-state index in [4.69, 9.17) is 4.74 Å². The van der Waals surface area contributed by atoms with Gasteiger partial charge in [-0.1, -0.05) is 31.2 Å². The van der Waals surface area contributed by atoms with Gasteiger partial charge in [0.15, 0.2) is 11.6 Å². The van der Waals surface area contributed by atoms with Gasteiger partial charge in [-0.15, -0.1) is 0 Å². The Hall–Kier alpha value is -2.01. The van der Waals surface area contributed by atoms with Crippen LogP contribution in [0.2, 0.25) is 0 Å². The lowest BCUT2D eigenvalue weighted by Gasteiger charge is -2.34. The molecular weight excluding hydrogens is 284 g/mol. The quantitative estimate of drug-likeness (QED) is 0.632. The standard InChI is InChI=1S/C11H12O2.C6H10O3/c1-3-11(13)10-7-5-4-6-9(10)8(2)12;1-6(3-9-4-6)5(7)8-2/h4-7H,3H2,1-2H3;3-4H2,1-2H3. The molecular formula is C17H22O5. The first-order valence-electron chi connectivity index (χ1n) is 7.15. The molecule has 1 fully saturated rings. The number of Topliss-reactive ketones (excluding diaryl/α,β-unsaturated/α-hetero) is 2. The summed E-state index contributed by atoms with van der Waals surface area (Å²) in [7, 11) is 1.39. The number of methoxy groups -OCH3 is 1. The van der Waals surface area contributed by atoms with Crippen LogP contribution >= 0.6 is 0 Å². The zero-order valence-electron chi connectivity index (χ0n) is 13.5. The van der Waals surface area contributed by atoms with E-state index in [1.807, 2.05) is 6.92 Å². The first kappa shape index (κ1) is 18.0. The number of hydrogen-bond donors (Lipinski definition) is 0. The van der Waals surface area contributed by atoms with Gasteiger partial charge in [0.2, 0.25) is 0 Å². The maximum absolute atomic E-state index is 11.4. The van der Waals surface area contributed by atoms with Crippen LogP contribution in [0.3, 0.4) is 0 Å². The minimum absolute atomic E-state index is 0.0193. The molecule has 0 aromatic heterocycles. The average Bonchev–Trinajstić information content (AvgIpc) is 2.51. The molecule has 120 valence electrons. The van der Waals surface area contributed by atoms with Gasteiger partial charge in [0.1, 0.15) is 5.41 Å². The predicted molar refractivity (Wildman–Crippen MR) is 82.0 cm³/mol. The Morgan fingerprint density at radius 1 is 1.18 bits per heavy atom. The molecule has 0 unspecified atom stereocenters. The Balaban J connectivity index is 0.000000235. The fourth-order valence-electron chi connectivity index (χ4n) is 2.00. The highest BCUT2D eigenvalue weighted by Gasteiger charge is 2.42. The van der Waals surface area contributed by atoms with Crippen molar-refractivity contribution in [3.05, 3.63) is 35.4 Å². The number of ketones is 2. The van der Waals surface area contributed by atoms with Crippen molar-refractivity contribution < 1.29 is 23.9 Å². The molecule has 22 heavy (non-hydrogen) atoms. The molecule has 1 saturated heterocycles. The lowest BCUT2D eigenvalue weighted by Crippen LogP contribution is -2.47. The number of benzene rings is 1. The first-order chi connectivity index (χ1) is 10.4. The number of carbonyl (C=O) groups is 3. The Kier molecular flexibility index (Phi) is 6.43. The summed E-state index contributed by atoms with van der Waals surface area (Å²) in [5.74, 6) is -0.211. The summed E-state index contributed by atoms with van der Waals surface area (Å²) in [5.41, 5.74) is 0.709. The third kappa shape index (κ3) is 4.24. The van der Waals surface area contributed by atoms with Gasteiger partial charge < -0.3 is 9.47 Å². The van der Waals surface area contributed by atoms with E-state index in [-0.39, 0.29) is 23.0 Å². The minimum Gasteiger partial charge on any atom is -0.468 e. The molecule has 1 aliphatic heterocycles. The number of rotatable bonds is 4. The molecule has 0 bridgehead atoms. The zero-order chi connectivity index (χ0) is 16.8. The second kappa shape index (κ2) is 7.84. The van der Waals surface area contributed by atoms with E-state index in [1.165, 1.54) is 14.0 Å². The summed E-state index contributed by atoms with van der Waals surface area (Å²) >= 11 is 0. The molecule has 1 aliphatic rings. The van der Waals surface area contributed by atoms with Crippen molar-refractivity contribution in [1.82, 2.24) is 0 Å². The van der Waals surface area contributed by atoms with Crippen LogP contribution < -0.4 is 0 Å². The SMILES string of the molecule is CCC(=O)c1ccccc1C(C)=O.COC(=O)C1(C)COC1. The van der Waals surface area contributed by atoms with Gasteiger partial charge in [0.05, 0.1) is 20.3 Å². The average molecular weight is 306 g/mol. The van der Waals surface area contributed by atoms with E-state index < -0.39 is 0 Å². The molecule has 0 spiro atoms. The topological polar surface area (TPSA) is 69.7 Å². The lowest BCUT2D eigenvalue weighted by atomic mass is 9.89. The molecule has 0 N–H and O–H groups in total. The van der Waals surface area contributed by atoms with Gasteiger partial charge in [0, 0.05) is 17.5 Å². The minimum atomic E-state index is -0.352. The van der Waals surface area contributed by atoms with Crippen LogP contribution in [0.4, 0.5) is 0 Å². The summed E-state index contributed by atoms with van der Waals surface area (Å²) in [4.78, 5) is 33.3. The highest BCUT2D eigenvalue weighted by molar-refractivity contribution is 6.07. The largest absolute Gasteiger partial charge is 0.468 e. The summed E-state index contributed by atoms with van der Waals surface area (Å²) in [6.45, 7) is 6.10. The smallest absolute Gasteiger partial charge is 0.316 e. The molecule has 0 atom stereocenters. The van der Waals surface area contributed by atoms with Crippen molar-refractivity contribution in [2.75, 3.05) is 20.3 Å². The Morgan fingerprint density at radius 3 is 2.05 bits per heavy atom. The Morgan fingerprint density at radius 2 is 1.73 bits per heavy atom. The van der Waals surface area contributed by atoms with Crippen LogP contribution in [0.1, 0.15) is 47.9 Å². The number of carbonyl (C=O) groups excluding carboxylic acids is 3. The van der Waals surface area contributed by atoms with Crippen LogP contribution in [0, 0.1) is 5.41 Å². The van der Waals surface area contributed by atoms with Gasteiger partial charge in [-0.25, -0.2) is 0 Å². The van der Waals surface area contributed by atoms with Crippen molar-refractivity contribution in [3.63, 3.8) is 0 Å². The molecule has 0 aliphatic carbocycles. The van der Waals surface area contributed by atoms with Gasteiger partial charge in [-0.2, -0.15) is 0 Å². The van der Waals surface area contributed by atoms with Gasteiger partial charge in [-0.3, -0.25) is 14.4 Å². The summed E-state index contributed by atoms with van der Waals surface area (Å²) < 4.78 is 9.40. The maximum atomic E-state index is 11.4. The van der Waals surface area contributed by atoms with Crippen LogP contribution in [-0.2, 0) is 14.3 Å². The monoisotopic (exact) mass is 306 g/mol. The Bertz CT molecular complexity index is 558. The lowest BCUT2D eigenvalue weighted by molar-refractivity contribution is -0.179. The first-order valence-corrected chi connectivity index (χ1v) is 7.15. The van der Waals surface area contributed by atoms with E-state index in [0.29, 0.717) is 30.8 Å². The van der Waals surface area contributed by atoms with Crippen LogP contribution in [0.15, 0.2) is 24.3 Å². The predicted octanol–water partition coefficient (Wildman–Crippen LogP) is 2.68. The molecule has 1 heterocycles. The second-order valence-electron chi connectivity index (χ2n) is 5.42. The molecule has 5 heteroatoms. The van der Waals surface area contributed by atoms with Crippen LogP contribution in [0.25, 0.3) is 0 Å². The third-order valence-electron chi connectivity index (χ3n) is 3.45. The number of ether oxygens (including phenoxy) is 2. The van der Waals surface area contributed by atoms with Crippen molar-refractivity contribution in [1.29, 1.82) is 0 Å². The Labute approximate surface area is 130 Å². The molecule has 5 nitrogen and oxygen atoms in total. The molecule has 0 saturated carbocycles. The maximum Gasteiger partial charge on any atom is 0.316 e. The fourth-order valence-corrected chi connectivity index (χ4v) is 2.00. The summed E-state index contributed by atoms with van der Waals surface area (Å²) in [6.07, 6.45) is 0.435. The number of esters is 1. The number of hydrogen-bond acceptors (Lipinski definition) is 5. The van der Waals surface area contributed by atoms with Crippen LogP contribution in [-0.4, -0.2) is 37.9 Å². The van der Waals surface area contributed by atoms with E-state index in [2.05, 4.69) is 4.74 Å². The molecule has 0 radical (unpaired) electrons. The van der Waals surface area contributed by atoms with Gasteiger partial charge in [0.25, 0.3) is 0 Å². The van der Waals surface area contributed by atoms with Crippen LogP contribution in [0.5, 0.6) is 0 Å². The fraction of sp³-hybridized carbons (Fsp3) is 0.471. The van der Waals surface area contributed by atoms with E-state index in [1.54, 1.807) is 31.2 Å².